The van der Waals surface area contributed by atoms with Gasteiger partial charge in [0.25, 0.3) is 0 Å². The summed E-state index contributed by atoms with van der Waals surface area (Å²) in [7, 11) is 0. The Labute approximate surface area is 156 Å². The van der Waals surface area contributed by atoms with E-state index >= 15 is 0 Å². The van der Waals surface area contributed by atoms with Crippen LogP contribution in [0.2, 0.25) is 0 Å². The second-order valence-corrected chi connectivity index (χ2v) is 6.78. The van der Waals surface area contributed by atoms with Crippen LogP contribution in [0.15, 0.2) is 67.0 Å². The van der Waals surface area contributed by atoms with Crippen LogP contribution in [0.4, 0.5) is 10.2 Å². The summed E-state index contributed by atoms with van der Waals surface area (Å²) in [5.74, 6) is 0.691. The number of fused-ring (bicyclic) bond motifs is 1. The minimum absolute atomic E-state index is 0.142. The molecule has 0 aliphatic carbocycles. The Morgan fingerprint density at radius 2 is 2.04 bits per heavy atom. The van der Waals surface area contributed by atoms with Crippen LogP contribution in [0.1, 0.15) is 24.4 Å². The maximum absolute atomic E-state index is 13.7. The van der Waals surface area contributed by atoms with Crippen molar-refractivity contribution in [2.75, 3.05) is 11.4 Å². The maximum atomic E-state index is 13.7. The third-order valence-corrected chi connectivity index (χ3v) is 5.11. The highest BCUT2D eigenvalue weighted by Crippen LogP contribution is 2.35. The molecule has 0 bridgehead atoms. The fourth-order valence-electron chi connectivity index (χ4n) is 3.86. The zero-order valence-electron chi connectivity index (χ0n) is 14.7. The number of pyridine rings is 1. The minimum Gasteiger partial charge on any atom is -0.346 e. The van der Waals surface area contributed by atoms with E-state index in [1.165, 1.54) is 6.07 Å². The second kappa shape index (κ2) is 6.46. The number of halogens is 1. The molecule has 27 heavy (non-hydrogen) atoms. The third kappa shape index (κ3) is 2.83. The van der Waals surface area contributed by atoms with Crippen LogP contribution in [0.25, 0.3) is 17.0 Å². The third-order valence-electron chi connectivity index (χ3n) is 5.11. The first-order valence-corrected chi connectivity index (χ1v) is 9.13. The van der Waals surface area contributed by atoms with Gasteiger partial charge in [0.15, 0.2) is 5.82 Å². The monoisotopic (exact) mass is 360 g/mol. The molecule has 1 aliphatic rings. The van der Waals surface area contributed by atoms with Crippen LogP contribution in [0.5, 0.6) is 0 Å². The lowest BCUT2D eigenvalue weighted by atomic mass is 10.0. The van der Waals surface area contributed by atoms with Crippen molar-refractivity contribution in [1.29, 1.82) is 0 Å². The Balaban J connectivity index is 1.56. The van der Waals surface area contributed by atoms with Gasteiger partial charge in [0, 0.05) is 18.8 Å². The van der Waals surface area contributed by atoms with Gasteiger partial charge >= 0.3 is 5.65 Å². The van der Waals surface area contributed by atoms with Crippen molar-refractivity contribution >= 4 is 11.5 Å². The van der Waals surface area contributed by atoms with Crippen LogP contribution in [-0.2, 0) is 0 Å². The number of rotatable bonds is 3. The predicted molar refractivity (Wildman–Crippen MR) is 101 cm³/mol. The van der Waals surface area contributed by atoms with Crippen molar-refractivity contribution in [3.05, 3.63) is 78.4 Å². The minimum atomic E-state index is -0.194. The molecule has 1 N–H and O–H groups in total. The van der Waals surface area contributed by atoms with Crippen LogP contribution in [0.3, 0.4) is 0 Å². The molecule has 1 aliphatic heterocycles. The van der Waals surface area contributed by atoms with Crippen molar-refractivity contribution in [2.24, 2.45) is 0 Å². The molecule has 0 radical (unpaired) electrons. The van der Waals surface area contributed by atoms with E-state index in [0.29, 0.717) is 0 Å². The highest BCUT2D eigenvalue weighted by atomic mass is 19.1. The van der Waals surface area contributed by atoms with E-state index in [2.05, 4.69) is 14.9 Å². The molecule has 1 saturated heterocycles. The Morgan fingerprint density at radius 1 is 1.07 bits per heavy atom. The van der Waals surface area contributed by atoms with Gasteiger partial charge in [0.1, 0.15) is 17.7 Å². The maximum Gasteiger partial charge on any atom is 0.305 e. The van der Waals surface area contributed by atoms with Crippen LogP contribution >= 0.6 is 0 Å². The van der Waals surface area contributed by atoms with E-state index < -0.39 is 0 Å². The van der Waals surface area contributed by atoms with Gasteiger partial charge in [-0.15, -0.1) is 0 Å². The van der Waals surface area contributed by atoms with Gasteiger partial charge in [-0.1, -0.05) is 27.8 Å². The van der Waals surface area contributed by atoms with E-state index in [4.69, 9.17) is 5.10 Å². The fourth-order valence-corrected chi connectivity index (χ4v) is 3.86. The van der Waals surface area contributed by atoms with Gasteiger partial charge in [-0.05, 0) is 48.7 Å². The zero-order valence-corrected chi connectivity index (χ0v) is 14.7. The number of H-pyrrole nitrogens is 1. The summed E-state index contributed by atoms with van der Waals surface area (Å²) < 4.78 is 15.6. The zero-order chi connectivity index (χ0) is 18.2. The molecule has 1 aromatic carbocycles. The molecule has 1 atom stereocenters. The molecular weight excluding hydrogens is 341 g/mol. The van der Waals surface area contributed by atoms with E-state index in [1.54, 1.807) is 18.3 Å². The van der Waals surface area contributed by atoms with Crippen molar-refractivity contribution in [2.45, 2.75) is 18.9 Å². The van der Waals surface area contributed by atoms with Gasteiger partial charge in [-0.3, -0.25) is 4.98 Å². The van der Waals surface area contributed by atoms with E-state index in [-0.39, 0.29) is 11.9 Å². The van der Waals surface area contributed by atoms with Gasteiger partial charge < -0.3 is 4.90 Å². The smallest absolute Gasteiger partial charge is 0.305 e. The number of hydrogen-bond acceptors (Lipinski definition) is 3. The molecule has 1 fully saturated rings. The first-order valence-electron chi connectivity index (χ1n) is 9.13. The van der Waals surface area contributed by atoms with Gasteiger partial charge in [-0.2, -0.15) is 0 Å². The molecule has 0 saturated carbocycles. The number of aromatic amines is 1. The fraction of sp³-hybridized carbons (Fsp3) is 0.190. The van der Waals surface area contributed by atoms with E-state index in [9.17, 15) is 4.39 Å². The highest BCUT2D eigenvalue weighted by molar-refractivity contribution is 5.57. The van der Waals surface area contributed by atoms with Crippen molar-refractivity contribution in [1.82, 2.24) is 14.6 Å². The first kappa shape index (κ1) is 15.9. The summed E-state index contributed by atoms with van der Waals surface area (Å²) in [5, 5.41) is 4.87. The van der Waals surface area contributed by atoms with Gasteiger partial charge in [0.2, 0.25) is 5.69 Å². The molecular formula is C21H19FN5+. The number of nitrogens with zero attached hydrogens (tertiary/aromatic N) is 4. The molecule has 5 nitrogen and oxygen atoms in total. The number of nitrogens with one attached hydrogen (secondary N) is 1. The summed E-state index contributed by atoms with van der Waals surface area (Å²) >= 11 is 0. The molecule has 5 rings (SSSR count). The highest BCUT2D eigenvalue weighted by Gasteiger charge is 2.29. The number of aromatic nitrogens is 4. The van der Waals surface area contributed by atoms with Crippen molar-refractivity contribution in [3.63, 3.8) is 0 Å². The largest absolute Gasteiger partial charge is 0.346 e. The number of anilines is 1. The molecule has 4 heterocycles. The lowest BCUT2D eigenvalue weighted by Gasteiger charge is -2.25. The Kier molecular flexibility index (Phi) is 3.81. The molecule has 6 heteroatoms. The normalized spacial score (nSPS) is 16.9. The molecule has 0 amide bonds. The first-order chi connectivity index (χ1) is 13.3. The van der Waals surface area contributed by atoms with E-state index in [0.717, 1.165) is 47.8 Å². The van der Waals surface area contributed by atoms with Crippen molar-refractivity contribution in [3.8, 4) is 11.4 Å². The van der Waals surface area contributed by atoms with Gasteiger partial charge in [-0.25, -0.2) is 9.37 Å². The average Bonchev–Trinajstić information content (AvgIpc) is 3.35. The quantitative estimate of drug-likeness (QED) is 0.560. The number of hydrogen-bond donors (Lipinski definition) is 0. The number of imidazole rings is 1. The second-order valence-electron chi connectivity index (χ2n) is 6.78. The Bertz CT molecular complexity index is 1090. The lowest BCUT2D eigenvalue weighted by Crippen LogP contribution is -2.24. The van der Waals surface area contributed by atoms with Crippen LogP contribution in [0, 0.1) is 5.82 Å². The standard InChI is InChI=1S/C21H18FN5/c22-16-6-3-5-15(13-16)18-8-4-12-26(18)21-10-9-20-24-14-19(27(20)25-21)17-7-1-2-11-23-17/h1-3,5-7,9-11,13-14,18H,4,8,12H2/p+1/t18-/m1/s1. The van der Waals surface area contributed by atoms with Gasteiger partial charge in [0.05, 0.1) is 6.04 Å². The topological polar surface area (TPSA) is 47.6 Å². The summed E-state index contributed by atoms with van der Waals surface area (Å²) in [4.78, 5) is 9.94. The van der Waals surface area contributed by atoms with Crippen LogP contribution in [-0.4, -0.2) is 21.1 Å². The summed E-state index contributed by atoms with van der Waals surface area (Å²) in [5.41, 5.74) is 3.68. The van der Waals surface area contributed by atoms with Crippen LogP contribution < -0.4 is 9.88 Å². The Morgan fingerprint density at radius 3 is 2.89 bits per heavy atom. The molecule has 0 spiro atoms. The molecule has 3 aromatic heterocycles. The molecule has 4 aromatic rings. The summed E-state index contributed by atoms with van der Waals surface area (Å²) in [6.45, 7) is 0.906. The number of benzene rings is 1. The van der Waals surface area contributed by atoms with E-state index in [1.807, 2.05) is 47.1 Å². The van der Waals surface area contributed by atoms with Crippen molar-refractivity contribution < 1.29 is 9.37 Å². The molecule has 0 unspecified atom stereocenters. The summed E-state index contributed by atoms with van der Waals surface area (Å²) in [6, 6.07) is 16.9. The summed E-state index contributed by atoms with van der Waals surface area (Å²) in [6.07, 6.45) is 5.75. The lowest BCUT2D eigenvalue weighted by molar-refractivity contribution is -0.343. The Hall–Kier alpha value is -3.28. The predicted octanol–water partition coefficient (Wildman–Crippen LogP) is 3.69. The molecule has 134 valence electrons. The SMILES string of the molecule is Fc1cccc([C@H]2CCCN2c2ccc3[nH+]cc(-c4ccccn4)n3n2)c1. The average molecular weight is 360 g/mol.